The molecule has 0 bridgehead atoms. The molecule has 8 heteroatoms. The Kier molecular flexibility index (Phi) is 26.3. The van der Waals surface area contributed by atoms with E-state index in [4.69, 9.17) is 85.1 Å². The third-order valence-electron chi connectivity index (χ3n) is 8.91. The Morgan fingerprint density at radius 2 is 0.610 bits per heavy atom. The fourth-order valence-corrected chi connectivity index (χ4v) is 7.27. The van der Waals surface area contributed by atoms with E-state index in [1.165, 1.54) is 0 Å². The van der Waals surface area contributed by atoms with Crippen molar-refractivity contribution in [1.29, 1.82) is 0 Å². The van der Waals surface area contributed by atoms with Gasteiger partial charge in [0, 0.05) is 168 Å². The Balaban J connectivity index is 1.30. The van der Waals surface area contributed by atoms with Gasteiger partial charge in [-0.1, -0.05) is 64.6 Å². The van der Waals surface area contributed by atoms with E-state index < -0.39 is 4.87 Å². The zero-order chi connectivity index (χ0) is 58.1. The lowest BCUT2D eigenvalue weighted by Crippen LogP contribution is -2.22. The summed E-state index contributed by atoms with van der Waals surface area (Å²) in [6, 6.07) is 26.8. The summed E-state index contributed by atoms with van der Waals surface area (Å²) in [5, 5.41) is 3.38. The molecule has 0 atom stereocenters. The van der Waals surface area contributed by atoms with Crippen LogP contribution >= 0.6 is 58.0 Å². The van der Waals surface area contributed by atoms with Gasteiger partial charge in [0.1, 0.15) is 40.9 Å². The fourth-order valence-electron chi connectivity index (χ4n) is 5.89. The lowest BCUT2D eigenvalue weighted by atomic mass is 9.83. The highest BCUT2D eigenvalue weighted by Crippen LogP contribution is 2.47. The second-order valence-corrected chi connectivity index (χ2v) is 16.6. The Labute approximate surface area is 503 Å². The summed E-state index contributed by atoms with van der Waals surface area (Å²) in [4.78, 5) is -1.28. The van der Waals surface area contributed by atoms with Crippen LogP contribution in [0.3, 0.4) is 0 Å². The van der Waals surface area contributed by atoms with Crippen LogP contribution in [0, 0.1) is 262 Å². The lowest BCUT2D eigenvalue weighted by Gasteiger charge is -2.30. The average Bonchev–Trinajstić information content (AvgIpc) is 3.30. The molecular weight excluding hydrogens is 1110 g/mol. The van der Waals surface area contributed by atoms with Crippen LogP contribution in [-0.4, -0.2) is 0 Å². The minimum absolute atomic E-state index is 0.0879. The normalized spacial score (nSPS) is 7.60. The predicted molar refractivity (Wildman–Crippen MR) is 328 cm³/mol. The number of halogens is 5. The summed E-state index contributed by atoms with van der Waals surface area (Å²) < 4.78 is 17.6. The third-order valence-corrected chi connectivity index (χ3v) is 10.4. The van der Waals surface area contributed by atoms with Crippen LogP contribution in [0.25, 0.3) is 10.8 Å². The zero-order valence-corrected chi connectivity index (χ0v) is 45.4. The van der Waals surface area contributed by atoms with Gasteiger partial charge >= 0.3 is 0 Å². The van der Waals surface area contributed by atoms with Crippen LogP contribution in [0.2, 0.25) is 20.1 Å². The first-order valence-corrected chi connectivity index (χ1v) is 24.2. The fraction of sp³-hybridized carbons (Fsp3) is 0.0270. The van der Waals surface area contributed by atoms with Crippen LogP contribution in [-0.2, 0) is 11.5 Å². The minimum atomic E-state index is -1.28. The first-order valence-electron chi connectivity index (χ1n) is 22.4. The molecule has 5 aromatic rings. The summed E-state index contributed by atoms with van der Waals surface area (Å²) in [5.74, 6) is 101. The highest BCUT2D eigenvalue weighted by Gasteiger charge is 2.35. The average molecular weight is 1130 g/mol. The number of terminal acetylenes is 2. The maximum absolute atomic E-state index is 7.64. The number of rotatable bonds is 8. The molecule has 0 saturated heterocycles. The molecule has 0 saturated carbocycles. The molecule has 5 aromatic carbocycles. The van der Waals surface area contributed by atoms with Gasteiger partial charge in [0.15, 0.2) is 0 Å². The largest absolute Gasteiger partial charge is 0.489 e. The SMILES string of the molecule is C#CC#CC#CC#CC#CC#CC#CC#CC#CC#CC#COc1cc(COc2ccc3cc(C(Cl)(c4cc(Cl)cc(Cl)c4)c4cc(Cl)cc(Cl)c4)ccc3c2)cc(OC#CC#CC#CC#CC#CC#CC#CC#CC#CC#CC#C)c1. The van der Waals surface area contributed by atoms with Gasteiger partial charge in [-0.25, -0.2) is 0 Å². The molecule has 0 heterocycles. The number of benzene rings is 5. The van der Waals surface area contributed by atoms with Gasteiger partial charge in [-0.15, -0.1) is 24.4 Å². The van der Waals surface area contributed by atoms with Crippen molar-refractivity contribution in [3.8, 4) is 279 Å². The summed E-state index contributed by atoms with van der Waals surface area (Å²) in [6.07, 6.45) is 15.0. The van der Waals surface area contributed by atoms with Crippen molar-refractivity contribution in [2.45, 2.75) is 11.5 Å². The standard InChI is InChI=1S/C74H19Cl5O3/c1-3-5-7-9-11-13-15-17-19-21-23-25-27-29-31-33-35-37-39-41-47-80-72-49-61(50-73(59-72)81-48-42-40-38-36-34-32-30-28-26-24-22-20-18-16-14-12-10-8-6-4-2)60-82-71-46-44-62-51-64(45-43-63(62)52-71)74(79,65-53-67(75)57-68(76)54-65)66-55-69(77)58-70(78)56-66/h1-2,43-46,49-59H,60H2. The van der Waals surface area contributed by atoms with Crippen molar-refractivity contribution in [1.82, 2.24) is 0 Å². The molecule has 0 aliphatic carbocycles. The number of ether oxygens (including phenoxy) is 3. The highest BCUT2D eigenvalue weighted by atomic mass is 35.5. The van der Waals surface area contributed by atoms with Gasteiger partial charge in [-0.05, 0) is 194 Å². The van der Waals surface area contributed by atoms with Crippen molar-refractivity contribution in [3.63, 3.8) is 0 Å². The van der Waals surface area contributed by atoms with Crippen molar-refractivity contribution in [3.05, 3.63) is 133 Å². The second-order valence-electron chi connectivity index (χ2n) is 14.2. The summed E-state index contributed by atoms with van der Waals surface area (Å²) in [6.45, 7) is 0.0879. The maximum Gasteiger partial charge on any atom is 0.144 e. The van der Waals surface area contributed by atoms with E-state index in [9.17, 15) is 0 Å². The summed E-state index contributed by atoms with van der Waals surface area (Å²) in [5.41, 5.74) is 2.61. The number of hydrogen-bond donors (Lipinski definition) is 0. The molecule has 0 amide bonds. The van der Waals surface area contributed by atoms with Crippen LogP contribution < -0.4 is 14.2 Å². The Hall–Kier alpha value is -12.5. The molecule has 0 aliphatic heterocycles. The molecule has 0 radical (unpaired) electrons. The van der Waals surface area contributed by atoms with E-state index in [0.717, 1.165) is 16.3 Å². The molecule has 0 N–H and O–H groups in total. The van der Waals surface area contributed by atoms with Crippen molar-refractivity contribution >= 4 is 68.8 Å². The zero-order valence-electron chi connectivity index (χ0n) is 41.6. The predicted octanol–water partition coefficient (Wildman–Crippen LogP) is 10.6. The van der Waals surface area contributed by atoms with Gasteiger partial charge in [0.2, 0.25) is 0 Å². The van der Waals surface area contributed by atoms with Crippen LogP contribution in [0.5, 0.6) is 17.2 Å². The monoisotopic (exact) mass is 1130 g/mol. The maximum atomic E-state index is 7.64. The van der Waals surface area contributed by atoms with Crippen LogP contribution in [0.1, 0.15) is 22.3 Å². The summed E-state index contributed by atoms with van der Waals surface area (Å²) >= 11 is 33.5. The van der Waals surface area contributed by atoms with Crippen molar-refractivity contribution < 1.29 is 14.2 Å². The smallest absolute Gasteiger partial charge is 0.144 e. The first kappa shape index (κ1) is 60.4. The van der Waals surface area contributed by atoms with E-state index in [2.05, 4.69) is 249 Å². The quantitative estimate of drug-likeness (QED) is 0.0881. The van der Waals surface area contributed by atoms with Crippen LogP contribution in [0.4, 0.5) is 0 Å². The molecule has 368 valence electrons. The Morgan fingerprint density at radius 1 is 0.305 bits per heavy atom. The highest BCUT2D eigenvalue weighted by molar-refractivity contribution is 6.36. The van der Waals surface area contributed by atoms with Gasteiger partial charge in [-0.2, -0.15) is 0 Å². The Morgan fingerprint density at radius 3 is 0.951 bits per heavy atom. The molecule has 0 aromatic heterocycles. The van der Waals surface area contributed by atoms with Crippen molar-refractivity contribution in [2.75, 3.05) is 0 Å². The van der Waals surface area contributed by atoms with Gasteiger partial charge < -0.3 is 14.2 Å². The molecule has 0 fully saturated rings. The van der Waals surface area contributed by atoms with E-state index >= 15 is 0 Å². The molecule has 0 spiro atoms. The van der Waals surface area contributed by atoms with E-state index in [1.54, 1.807) is 54.6 Å². The lowest BCUT2D eigenvalue weighted by molar-refractivity contribution is 0.305. The van der Waals surface area contributed by atoms with E-state index in [0.29, 0.717) is 54.0 Å². The topological polar surface area (TPSA) is 27.7 Å². The molecule has 5 rings (SSSR count). The molecular formula is C74H19Cl5O3. The molecule has 82 heavy (non-hydrogen) atoms. The van der Waals surface area contributed by atoms with E-state index in [1.807, 2.05) is 36.4 Å². The number of fused-ring (bicyclic) bond motifs is 1. The minimum Gasteiger partial charge on any atom is -0.489 e. The van der Waals surface area contributed by atoms with Crippen LogP contribution in [0.15, 0.2) is 91.0 Å². The Bertz CT molecular complexity index is 4630. The number of hydrogen-bond acceptors (Lipinski definition) is 3. The third kappa shape index (κ3) is 22.8. The van der Waals surface area contributed by atoms with E-state index in [-0.39, 0.29) is 6.61 Å². The summed E-state index contributed by atoms with van der Waals surface area (Å²) in [7, 11) is 0. The molecule has 0 unspecified atom stereocenters. The second kappa shape index (κ2) is 35.7. The molecule has 3 nitrogen and oxygen atoms in total. The van der Waals surface area contributed by atoms with Gasteiger partial charge in [-0.3, -0.25) is 0 Å². The number of alkyl halides is 1. The first-order chi connectivity index (χ1) is 40.2. The molecule has 0 aliphatic rings. The van der Waals surface area contributed by atoms with Gasteiger partial charge in [0.25, 0.3) is 0 Å². The van der Waals surface area contributed by atoms with Gasteiger partial charge in [0.05, 0.1) is 0 Å². The van der Waals surface area contributed by atoms with Crippen molar-refractivity contribution in [2.24, 2.45) is 0 Å².